The monoisotopic (exact) mass is 279 g/mol. The molecule has 2 rings (SSSR count). The number of unbranched alkanes of at least 4 members (excludes halogenated alkanes) is 2. The zero-order valence-corrected chi connectivity index (χ0v) is 12.4. The number of anilines is 1. The summed E-state index contributed by atoms with van der Waals surface area (Å²) in [6.45, 7) is 5.25. The topological polar surface area (TPSA) is 43.8 Å². The summed E-state index contributed by atoms with van der Waals surface area (Å²) >= 11 is 0. The second kappa shape index (κ2) is 7.19. The molecule has 2 aromatic rings. The molecule has 1 aromatic carbocycles. The van der Waals surface area contributed by atoms with Crippen LogP contribution in [0.25, 0.3) is 11.3 Å². The van der Waals surface area contributed by atoms with Crippen LogP contribution in [-0.2, 0) is 6.54 Å². The highest BCUT2D eigenvalue weighted by atomic mass is 35.5. The van der Waals surface area contributed by atoms with Crippen molar-refractivity contribution in [3.63, 3.8) is 0 Å². The molecule has 0 fully saturated rings. The van der Waals surface area contributed by atoms with Crippen molar-refractivity contribution in [1.29, 1.82) is 0 Å². The molecule has 0 aliphatic heterocycles. The maximum absolute atomic E-state index is 5.95. The van der Waals surface area contributed by atoms with Crippen molar-refractivity contribution in [3.8, 4) is 11.3 Å². The maximum Gasteiger partial charge on any atom is 0.200 e. The van der Waals surface area contributed by atoms with E-state index in [2.05, 4.69) is 49.3 Å². The number of imidazole rings is 1. The van der Waals surface area contributed by atoms with Crippen molar-refractivity contribution in [3.05, 3.63) is 36.0 Å². The summed E-state index contributed by atoms with van der Waals surface area (Å²) in [4.78, 5) is 4.44. The van der Waals surface area contributed by atoms with E-state index < -0.39 is 0 Å². The van der Waals surface area contributed by atoms with Crippen LogP contribution in [0.4, 0.5) is 5.95 Å². The van der Waals surface area contributed by atoms with Gasteiger partial charge in [-0.15, -0.1) is 12.4 Å². The smallest absolute Gasteiger partial charge is 0.200 e. The van der Waals surface area contributed by atoms with Crippen LogP contribution in [-0.4, -0.2) is 9.55 Å². The molecule has 0 atom stereocenters. The molecule has 2 N–H and O–H groups in total. The predicted molar refractivity (Wildman–Crippen MR) is 83.6 cm³/mol. The Morgan fingerprint density at radius 1 is 1.26 bits per heavy atom. The Morgan fingerprint density at radius 3 is 2.74 bits per heavy atom. The van der Waals surface area contributed by atoms with Gasteiger partial charge >= 0.3 is 0 Å². The fourth-order valence-corrected chi connectivity index (χ4v) is 2.08. The Morgan fingerprint density at radius 2 is 2.05 bits per heavy atom. The quantitative estimate of drug-likeness (QED) is 0.839. The Bertz CT molecular complexity index is 520. The van der Waals surface area contributed by atoms with E-state index >= 15 is 0 Å². The van der Waals surface area contributed by atoms with Gasteiger partial charge in [0.1, 0.15) is 0 Å². The second-order valence-electron chi connectivity index (χ2n) is 4.75. The molecule has 0 saturated carbocycles. The van der Waals surface area contributed by atoms with Gasteiger partial charge in [-0.3, -0.25) is 0 Å². The SMILES string of the molecule is CCCCCn1cc(-c2cccc(C)c2)nc1N.Cl. The summed E-state index contributed by atoms with van der Waals surface area (Å²) in [7, 11) is 0. The molecule has 1 heterocycles. The van der Waals surface area contributed by atoms with Gasteiger partial charge in [0.2, 0.25) is 5.95 Å². The van der Waals surface area contributed by atoms with E-state index in [0.717, 1.165) is 24.2 Å². The number of hydrogen-bond acceptors (Lipinski definition) is 2. The van der Waals surface area contributed by atoms with E-state index in [1.807, 2.05) is 4.57 Å². The Labute approximate surface area is 121 Å². The lowest BCUT2D eigenvalue weighted by Gasteiger charge is -2.02. The summed E-state index contributed by atoms with van der Waals surface area (Å²) in [5.74, 6) is 0.614. The number of benzene rings is 1. The zero-order chi connectivity index (χ0) is 13.0. The number of halogens is 1. The van der Waals surface area contributed by atoms with Crippen LogP contribution in [0.2, 0.25) is 0 Å². The lowest BCUT2D eigenvalue weighted by Crippen LogP contribution is -2.02. The molecule has 19 heavy (non-hydrogen) atoms. The van der Waals surface area contributed by atoms with Crippen molar-refractivity contribution < 1.29 is 0 Å². The number of nitrogens with two attached hydrogens (primary N) is 1. The van der Waals surface area contributed by atoms with Gasteiger partial charge in [-0.1, -0.05) is 43.5 Å². The van der Waals surface area contributed by atoms with Crippen LogP contribution in [0, 0.1) is 6.92 Å². The number of hydrogen-bond donors (Lipinski definition) is 1. The molecular weight excluding hydrogens is 258 g/mol. The van der Waals surface area contributed by atoms with Crippen LogP contribution < -0.4 is 5.73 Å². The average molecular weight is 280 g/mol. The van der Waals surface area contributed by atoms with Crippen molar-refractivity contribution in [2.75, 3.05) is 5.73 Å². The van der Waals surface area contributed by atoms with Crippen LogP contribution in [0.1, 0.15) is 31.7 Å². The third kappa shape index (κ3) is 4.00. The van der Waals surface area contributed by atoms with Gasteiger partial charge in [-0.25, -0.2) is 4.98 Å². The minimum atomic E-state index is 0. The average Bonchev–Trinajstić information content (AvgIpc) is 2.72. The standard InChI is InChI=1S/C15H21N3.ClH/c1-3-4-5-9-18-11-14(17-15(18)16)13-8-6-7-12(2)10-13;/h6-8,10-11H,3-5,9H2,1-2H3,(H2,16,17);1H. The van der Waals surface area contributed by atoms with Gasteiger partial charge in [-0.05, 0) is 19.4 Å². The highest BCUT2D eigenvalue weighted by Gasteiger charge is 2.06. The van der Waals surface area contributed by atoms with Gasteiger partial charge in [0.05, 0.1) is 5.69 Å². The molecule has 0 aliphatic rings. The minimum absolute atomic E-state index is 0. The summed E-state index contributed by atoms with van der Waals surface area (Å²) < 4.78 is 2.05. The van der Waals surface area contributed by atoms with Gasteiger partial charge in [0.25, 0.3) is 0 Å². The molecule has 0 radical (unpaired) electrons. The first-order valence-electron chi connectivity index (χ1n) is 6.60. The Hall–Kier alpha value is -1.48. The Balaban J connectivity index is 0.00000180. The first kappa shape index (κ1) is 15.6. The number of rotatable bonds is 5. The number of aromatic nitrogens is 2. The lowest BCUT2D eigenvalue weighted by atomic mass is 10.1. The third-order valence-corrected chi connectivity index (χ3v) is 3.12. The third-order valence-electron chi connectivity index (χ3n) is 3.12. The summed E-state index contributed by atoms with van der Waals surface area (Å²) in [6, 6.07) is 8.35. The highest BCUT2D eigenvalue weighted by molar-refractivity contribution is 5.85. The molecule has 0 spiro atoms. The fraction of sp³-hybridized carbons (Fsp3) is 0.400. The molecule has 0 bridgehead atoms. The normalized spacial score (nSPS) is 10.2. The van der Waals surface area contributed by atoms with Crippen molar-refractivity contribution in [2.45, 2.75) is 39.7 Å². The summed E-state index contributed by atoms with van der Waals surface area (Å²) in [5, 5.41) is 0. The summed E-state index contributed by atoms with van der Waals surface area (Å²) in [5.41, 5.74) is 9.29. The number of nitrogen functional groups attached to an aromatic ring is 1. The number of nitrogens with zero attached hydrogens (tertiary/aromatic N) is 2. The summed E-state index contributed by atoms with van der Waals surface area (Å²) in [6.07, 6.45) is 5.67. The first-order chi connectivity index (χ1) is 8.70. The fourth-order valence-electron chi connectivity index (χ4n) is 2.08. The molecule has 3 nitrogen and oxygen atoms in total. The van der Waals surface area contributed by atoms with Gasteiger partial charge in [-0.2, -0.15) is 0 Å². The van der Waals surface area contributed by atoms with Crippen molar-refractivity contribution >= 4 is 18.4 Å². The maximum atomic E-state index is 5.95. The molecule has 0 aliphatic carbocycles. The second-order valence-corrected chi connectivity index (χ2v) is 4.75. The highest BCUT2D eigenvalue weighted by Crippen LogP contribution is 2.21. The van der Waals surface area contributed by atoms with Crippen LogP contribution >= 0.6 is 12.4 Å². The van der Waals surface area contributed by atoms with Crippen LogP contribution in [0.15, 0.2) is 30.5 Å². The van der Waals surface area contributed by atoms with Crippen LogP contribution in [0.3, 0.4) is 0 Å². The van der Waals surface area contributed by atoms with E-state index in [1.165, 1.54) is 18.4 Å². The van der Waals surface area contributed by atoms with Gasteiger partial charge in [0.15, 0.2) is 0 Å². The van der Waals surface area contributed by atoms with Crippen molar-refractivity contribution in [2.24, 2.45) is 0 Å². The molecular formula is C15H22ClN3. The van der Waals surface area contributed by atoms with E-state index in [0.29, 0.717) is 5.95 Å². The van der Waals surface area contributed by atoms with Gasteiger partial charge < -0.3 is 10.3 Å². The molecule has 104 valence electrons. The van der Waals surface area contributed by atoms with E-state index in [1.54, 1.807) is 0 Å². The minimum Gasteiger partial charge on any atom is -0.369 e. The lowest BCUT2D eigenvalue weighted by molar-refractivity contribution is 0.608. The number of aryl methyl sites for hydroxylation is 2. The van der Waals surface area contributed by atoms with E-state index in [-0.39, 0.29) is 12.4 Å². The Kier molecular flexibility index (Phi) is 5.90. The molecule has 4 heteroatoms. The van der Waals surface area contributed by atoms with E-state index in [4.69, 9.17) is 5.73 Å². The van der Waals surface area contributed by atoms with Crippen LogP contribution in [0.5, 0.6) is 0 Å². The molecule has 0 saturated heterocycles. The largest absolute Gasteiger partial charge is 0.369 e. The predicted octanol–water partition coefficient (Wildman–Crippen LogP) is 4.05. The zero-order valence-electron chi connectivity index (χ0n) is 11.6. The first-order valence-corrected chi connectivity index (χ1v) is 6.60. The van der Waals surface area contributed by atoms with E-state index in [9.17, 15) is 0 Å². The van der Waals surface area contributed by atoms with Crippen molar-refractivity contribution in [1.82, 2.24) is 9.55 Å². The molecule has 1 aromatic heterocycles. The molecule has 0 amide bonds. The molecule has 0 unspecified atom stereocenters. The van der Waals surface area contributed by atoms with Gasteiger partial charge in [0, 0.05) is 18.3 Å².